The van der Waals surface area contributed by atoms with Crippen LogP contribution in [0.15, 0.2) is 0 Å². The third-order valence-electron chi connectivity index (χ3n) is 2.42. The highest BCUT2D eigenvalue weighted by Crippen LogP contribution is 1.95. The number of hydrogen-bond acceptors (Lipinski definition) is 6. The molecule has 0 spiro atoms. The Morgan fingerprint density at radius 3 is 1.81 bits per heavy atom. The van der Waals surface area contributed by atoms with Gasteiger partial charge in [-0.25, -0.2) is 0 Å². The molecule has 0 aliphatic carbocycles. The van der Waals surface area contributed by atoms with Crippen LogP contribution in [0.25, 0.3) is 0 Å². The summed E-state index contributed by atoms with van der Waals surface area (Å²) in [7, 11) is 0. The lowest BCUT2D eigenvalue weighted by atomic mass is 10.2. The molecule has 0 aromatic heterocycles. The van der Waals surface area contributed by atoms with Crippen LogP contribution in [-0.4, -0.2) is 50.7 Å². The van der Waals surface area contributed by atoms with Crippen molar-refractivity contribution in [2.24, 2.45) is 11.8 Å². The predicted octanol–water partition coefficient (Wildman–Crippen LogP) is 0.0906. The molecule has 0 heterocycles. The van der Waals surface area contributed by atoms with E-state index in [2.05, 4.69) is 10.6 Å². The van der Waals surface area contributed by atoms with Gasteiger partial charge in [0.25, 0.3) is 0 Å². The Bertz CT molecular complexity index is 342. The second-order valence-electron chi connectivity index (χ2n) is 5.17. The van der Waals surface area contributed by atoms with Gasteiger partial charge in [-0.15, -0.1) is 0 Å². The molecule has 21 heavy (non-hydrogen) atoms. The lowest BCUT2D eigenvalue weighted by Gasteiger charge is -2.09. The minimum absolute atomic E-state index is 0.122. The first-order valence-corrected chi connectivity index (χ1v) is 7.15. The van der Waals surface area contributed by atoms with Gasteiger partial charge in [-0.3, -0.25) is 14.4 Å². The topological polar surface area (TPSA) is 93.7 Å². The van der Waals surface area contributed by atoms with Crippen LogP contribution in [0.5, 0.6) is 0 Å². The second kappa shape index (κ2) is 11.1. The van der Waals surface area contributed by atoms with Crippen molar-refractivity contribution >= 4 is 17.8 Å². The van der Waals surface area contributed by atoms with Crippen molar-refractivity contribution in [3.63, 3.8) is 0 Å². The predicted molar refractivity (Wildman–Crippen MR) is 77.5 cm³/mol. The summed E-state index contributed by atoms with van der Waals surface area (Å²) in [5, 5.41) is 5.46. The van der Waals surface area contributed by atoms with Gasteiger partial charge in [-0.2, -0.15) is 0 Å². The standard InChI is InChI=1S/C14H26N2O5/c1-10(2)13(18)20-7-5-15-9-12(17)16-6-8-21-14(19)11(3)4/h10-11,15H,5-9H2,1-4H3,(H,16,17). The largest absolute Gasteiger partial charge is 0.464 e. The van der Waals surface area contributed by atoms with Crippen molar-refractivity contribution in [1.29, 1.82) is 0 Å². The summed E-state index contributed by atoms with van der Waals surface area (Å²) >= 11 is 0. The highest BCUT2D eigenvalue weighted by Gasteiger charge is 2.08. The first-order chi connectivity index (χ1) is 9.84. The molecule has 0 bridgehead atoms. The molecule has 0 aliphatic heterocycles. The second-order valence-corrected chi connectivity index (χ2v) is 5.17. The minimum atomic E-state index is -0.283. The van der Waals surface area contributed by atoms with E-state index < -0.39 is 0 Å². The fourth-order valence-electron chi connectivity index (χ4n) is 1.16. The van der Waals surface area contributed by atoms with E-state index in [0.717, 1.165) is 0 Å². The average molecular weight is 302 g/mol. The zero-order valence-electron chi connectivity index (χ0n) is 13.2. The van der Waals surface area contributed by atoms with Crippen molar-refractivity contribution in [3.8, 4) is 0 Å². The molecule has 0 unspecified atom stereocenters. The van der Waals surface area contributed by atoms with E-state index in [4.69, 9.17) is 9.47 Å². The van der Waals surface area contributed by atoms with Gasteiger partial charge in [0.05, 0.1) is 24.9 Å². The van der Waals surface area contributed by atoms with Crippen LogP contribution < -0.4 is 10.6 Å². The van der Waals surface area contributed by atoms with Crippen LogP contribution in [0.2, 0.25) is 0 Å². The van der Waals surface area contributed by atoms with E-state index in [9.17, 15) is 14.4 Å². The van der Waals surface area contributed by atoms with Crippen molar-refractivity contribution in [2.75, 3.05) is 32.8 Å². The Balaban J connectivity index is 3.47. The number of hydrogen-bond donors (Lipinski definition) is 2. The smallest absolute Gasteiger partial charge is 0.308 e. The molecule has 0 saturated heterocycles. The monoisotopic (exact) mass is 302 g/mol. The third kappa shape index (κ3) is 10.8. The highest BCUT2D eigenvalue weighted by atomic mass is 16.5. The molecule has 0 aromatic rings. The molecule has 0 saturated carbocycles. The maximum Gasteiger partial charge on any atom is 0.308 e. The van der Waals surface area contributed by atoms with E-state index >= 15 is 0 Å². The van der Waals surface area contributed by atoms with Gasteiger partial charge in [-0.1, -0.05) is 27.7 Å². The van der Waals surface area contributed by atoms with Gasteiger partial charge in [0.2, 0.25) is 5.91 Å². The van der Waals surface area contributed by atoms with E-state index in [1.807, 2.05) is 0 Å². The molecular formula is C14H26N2O5. The Labute approximate surface area is 125 Å². The zero-order chi connectivity index (χ0) is 16.3. The Hall–Kier alpha value is -1.63. The van der Waals surface area contributed by atoms with Gasteiger partial charge < -0.3 is 20.1 Å². The highest BCUT2D eigenvalue weighted by molar-refractivity contribution is 5.78. The van der Waals surface area contributed by atoms with Gasteiger partial charge in [0, 0.05) is 6.54 Å². The van der Waals surface area contributed by atoms with Crippen LogP contribution in [-0.2, 0) is 23.9 Å². The molecular weight excluding hydrogens is 276 g/mol. The molecule has 0 rings (SSSR count). The van der Waals surface area contributed by atoms with Crippen LogP contribution in [0, 0.1) is 11.8 Å². The number of esters is 2. The van der Waals surface area contributed by atoms with Crippen molar-refractivity contribution in [3.05, 3.63) is 0 Å². The molecule has 0 aliphatic rings. The fourth-order valence-corrected chi connectivity index (χ4v) is 1.16. The van der Waals surface area contributed by atoms with Crippen LogP contribution in [0.3, 0.4) is 0 Å². The average Bonchev–Trinajstić information content (AvgIpc) is 2.42. The molecule has 2 N–H and O–H groups in total. The van der Waals surface area contributed by atoms with Gasteiger partial charge in [-0.05, 0) is 0 Å². The Morgan fingerprint density at radius 1 is 0.857 bits per heavy atom. The molecule has 1 amide bonds. The molecule has 0 radical (unpaired) electrons. The molecule has 0 aromatic carbocycles. The van der Waals surface area contributed by atoms with E-state index in [1.165, 1.54) is 0 Å². The van der Waals surface area contributed by atoms with E-state index in [-0.39, 0.29) is 56.0 Å². The summed E-state index contributed by atoms with van der Waals surface area (Å²) in [5.74, 6) is -1.06. The summed E-state index contributed by atoms with van der Waals surface area (Å²) in [4.78, 5) is 33.7. The van der Waals surface area contributed by atoms with Gasteiger partial charge >= 0.3 is 11.9 Å². The molecule has 0 atom stereocenters. The quantitative estimate of drug-likeness (QED) is 0.439. The summed E-state index contributed by atoms with van der Waals surface area (Å²) < 4.78 is 9.86. The lowest BCUT2D eigenvalue weighted by molar-refractivity contribution is -0.148. The van der Waals surface area contributed by atoms with E-state index in [0.29, 0.717) is 6.54 Å². The number of carbonyl (C=O) groups excluding carboxylic acids is 3. The first kappa shape index (κ1) is 19.4. The first-order valence-electron chi connectivity index (χ1n) is 7.15. The number of rotatable bonds is 10. The molecule has 7 heteroatoms. The van der Waals surface area contributed by atoms with Crippen molar-refractivity contribution in [1.82, 2.24) is 10.6 Å². The fraction of sp³-hybridized carbons (Fsp3) is 0.786. The Morgan fingerprint density at radius 2 is 1.33 bits per heavy atom. The number of ether oxygens (including phenoxy) is 2. The normalized spacial score (nSPS) is 10.6. The molecule has 0 fully saturated rings. The van der Waals surface area contributed by atoms with Crippen LogP contribution >= 0.6 is 0 Å². The number of nitrogens with one attached hydrogen (secondary N) is 2. The number of amides is 1. The van der Waals surface area contributed by atoms with Gasteiger partial charge in [0.15, 0.2) is 0 Å². The summed E-state index contributed by atoms with van der Waals surface area (Å²) in [6.45, 7) is 8.22. The summed E-state index contributed by atoms with van der Waals surface area (Å²) in [5.41, 5.74) is 0. The Kier molecular flexibility index (Phi) is 10.2. The number of carbonyl (C=O) groups is 3. The van der Waals surface area contributed by atoms with Gasteiger partial charge in [0.1, 0.15) is 13.2 Å². The van der Waals surface area contributed by atoms with Crippen molar-refractivity contribution in [2.45, 2.75) is 27.7 Å². The lowest BCUT2D eigenvalue weighted by Crippen LogP contribution is -2.37. The zero-order valence-corrected chi connectivity index (χ0v) is 13.2. The third-order valence-corrected chi connectivity index (χ3v) is 2.42. The maximum absolute atomic E-state index is 11.4. The summed E-state index contributed by atoms with van der Waals surface area (Å²) in [6.07, 6.45) is 0. The SMILES string of the molecule is CC(C)C(=O)OCCNCC(=O)NCCOC(=O)C(C)C. The van der Waals surface area contributed by atoms with Crippen LogP contribution in [0.4, 0.5) is 0 Å². The molecule has 122 valence electrons. The molecule has 7 nitrogen and oxygen atoms in total. The summed E-state index contributed by atoms with van der Waals surface area (Å²) in [6, 6.07) is 0. The van der Waals surface area contributed by atoms with Crippen molar-refractivity contribution < 1.29 is 23.9 Å². The minimum Gasteiger partial charge on any atom is -0.464 e. The maximum atomic E-state index is 11.4. The van der Waals surface area contributed by atoms with E-state index in [1.54, 1.807) is 27.7 Å². The van der Waals surface area contributed by atoms with Crippen LogP contribution in [0.1, 0.15) is 27.7 Å².